The number of nitro benzene ring substituents is 1. The van der Waals surface area contributed by atoms with Gasteiger partial charge >= 0.3 is 5.00 Å². The van der Waals surface area contributed by atoms with Gasteiger partial charge in [0.1, 0.15) is 0 Å². The lowest BCUT2D eigenvalue weighted by Crippen LogP contribution is -1.96. The Hall–Kier alpha value is -2.87. The van der Waals surface area contributed by atoms with E-state index in [-0.39, 0.29) is 16.3 Å². The molecule has 106 valence electrons. The monoisotopic (exact) mass is 304 g/mol. The Balaban J connectivity index is 2.16. The van der Waals surface area contributed by atoms with Gasteiger partial charge < -0.3 is 0 Å². The number of rotatable bonds is 5. The summed E-state index contributed by atoms with van der Waals surface area (Å²) in [5.74, 6) is -0.408. The van der Waals surface area contributed by atoms with Crippen LogP contribution in [0.25, 0.3) is 6.08 Å². The molecule has 0 N–H and O–H groups in total. The predicted molar refractivity (Wildman–Crippen MR) is 77.4 cm³/mol. The lowest BCUT2D eigenvalue weighted by atomic mass is 10.1. The highest BCUT2D eigenvalue weighted by atomic mass is 32.1. The van der Waals surface area contributed by atoms with Crippen molar-refractivity contribution in [2.24, 2.45) is 0 Å². The zero-order valence-corrected chi connectivity index (χ0v) is 11.3. The Morgan fingerprint density at radius 2 is 1.86 bits per heavy atom. The molecule has 0 amide bonds. The van der Waals surface area contributed by atoms with E-state index in [0.29, 0.717) is 4.88 Å². The van der Waals surface area contributed by atoms with E-state index >= 15 is 0 Å². The van der Waals surface area contributed by atoms with Crippen LogP contribution in [-0.4, -0.2) is 15.6 Å². The molecule has 1 heterocycles. The van der Waals surface area contributed by atoms with Gasteiger partial charge in [-0.1, -0.05) is 23.5 Å². The third kappa shape index (κ3) is 3.57. The molecule has 21 heavy (non-hydrogen) atoms. The second-order valence-electron chi connectivity index (χ2n) is 3.94. The number of ketones is 1. The average molecular weight is 304 g/mol. The highest BCUT2D eigenvalue weighted by molar-refractivity contribution is 7.16. The van der Waals surface area contributed by atoms with E-state index in [1.165, 1.54) is 48.6 Å². The third-order valence-corrected chi connectivity index (χ3v) is 3.54. The van der Waals surface area contributed by atoms with Crippen LogP contribution in [0.3, 0.4) is 0 Å². The number of carbonyl (C=O) groups is 1. The van der Waals surface area contributed by atoms with Crippen LogP contribution in [0, 0.1) is 20.2 Å². The van der Waals surface area contributed by atoms with Crippen molar-refractivity contribution in [1.82, 2.24) is 0 Å². The van der Waals surface area contributed by atoms with Gasteiger partial charge in [0.05, 0.1) is 9.85 Å². The Bertz CT molecular complexity index is 751. The van der Waals surface area contributed by atoms with E-state index in [1.807, 2.05) is 0 Å². The zero-order chi connectivity index (χ0) is 15.4. The first-order chi connectivity index (χ1) is 9.97. The van der Waals surface area contributed by atoms with Crippen LogP contribution in [0.1, 0.15) is 15.2 Å². The third-order valence-electron chi connectivity index (χ3n) is 2.53. The number of allylic oxidation sites excluding steroid dienone is 1. The molecule has 0 radical (unpaired) electrons. The quantitative estimate of drug-likeness (QED) is 0.364. The Kier molecular flexibility index (Phi) is 4.19. The molecule has 0 aliphatic heterocycles. The van der Waals surface area contributed by atoms with Gasteiger partial charge in [-0.2, -0.15) is 0 Å². The highest BCUT2D eigenvalue weighted by Crippen LogP contribution is 2.25. The molecule has 2 rings (SSSR count). The predicted octanol–water partition coefficient (Wildman–Crippen LogP) is 3.46. The summed E-state index contributed by atoms with van der Waals surface area (Å²) in [5, 5.41) is 21.2. The van der Waals surface area contributed by atoms with Gasteiger partial charge in [-0.3, -0.25) is 25.0 Å². The van der Waals surface area contributed by atoms with E-state index in [2.05, 4.69) is 0 Å². The molecule has 2 aromatic rings. The zero-order valence-electron chi connectivity index (χ0n) is 10.5. The molecule has 7 nitrogen and oxygen atoms in total. The van der Waals surface area contributed by atoms with Crippen LogP contribution in [0.15, 0.2) is 42.5 Å². The van der Waals surface area contributed by atoms with Gasteiger partial charge in [-0.15, -0.1) is 0 Å². The Morgan fingerprint density at radius 1 is 1.10 bits per heavy atom. The minimum absolute atomic E-state index is 0.0163. The minimum atomic E-state index is -0.580. The molecule has 0 aliphatic carbocycles. The molecule has 0 saturated heterocycles. The maximum absolute atomic E-state index is 11.9. The second-order valence-corrected chi connectivity index (χ2v) is 5.03. The van der Waals surface area contributed by atoms with E-state index in [1.54, 1.807) is 0 Å². The van der Waals surface area contributed by atoms with Crippen molar-refractivity contribution in [3.05, 3.63) is 73.1 Å². The number of nitro groups is 2. The van der Waals surface area contributed by atoms with Gasteiger partial charge in [0, 0.05) is 28.6 Å². The van der Waals surface area contributed by atoms with E-state index in [0.717, 1.165) is 11.3 Å². The van der Waals surface area contributed by atoms with Gasteiger partial charge in [0.25, 0.3) is 5.69 Å². The standard InChI is InChI=1S/C13H8N2O5S/c16-12(9-2-1-3-10(8-9)14(17)18)6-4-11-5-7-13(21-11)15(19)20/h1-8H/b6-4+. The van der Waals surface area contributed by atoms with Crippen molar-refractivity contribution in [2.75, 3.05) is 0 Å². The lowest BCUT2D eigenvalue weighted by Gasteiger charge is -1.95. The van der Waals surface area contributed by atoms with Gasteiger partial charge in [-0.25, -0.2) is 0 Å². The highest BCUT2D eigenvalue weighted by Gasteiger charge is 2.10. The molecule has 0 aliphatic rings. The molecule has 0 bridgehead atoms. The van der Waals surface area contributed by atoms with Crippen molar-refractivity contribution in [1.29, 1.82) is 0 Å². The van der Waals surface area contributed by atoms with Crippen LogP contribution in [0.4, 0.5) is 10.7 Å². The van der Waals surface area contributed by atoms with E-state index in [9.17, 15) is 25.0 Å². The average Bonchev–Trinajstić information content (AvgIpc) is 2.94. The maximum Gasteiger partial charge on any atom is 0.324 e. The first-order valence-electron chi connectivity index (χ1n) is 5.68. The fraction of sp³-hybridized carbons (Fsp3) is 0. The van der Waals surface area contributed by atoms with Crippen LogP contribution in [0.2, 0.25) is 0 Å². The summed E-state index contributed by atoms with van der Waals surface area (Å²) >= 11 is 0.940. The van der Waals surface area contributed by atoms with E-state index < -0.39 is 15.6 Å². The lowest BCUT2D eigenvalue weighted by molar-refractivity contribution is -0.384. The summed E-state index contributed by atoms with van der Waals surface area (Å²) < 4.78 is 0. The maximum atomic E-state index is 11.9. The van der Waals surface area contributed by atoms with Crippen molar-refractivity contribution in [3.63, 3.8) is 0 Å². The summed E-state index contributed by atoms with van der Waals surface area (Å²) in [6.45, 7) is 0. The minimum Gasteiger partial charge on any atom is -0.289 e. The largest absolute Gasteiger partial charge is 0.324 e. The van der Waals surface area contributed by atoms with Crippen molar-refractivity contribution < 1.29 is 14.6 Å². The Morgan fingerprint density at radius 3 is 2.48 bits per heavy atom. The number of nitrogens with zero attached hydrogens (tertiary/aromatic N) is 2. The number of hydrogen-bond acceptors (Lipinski definition) is 6. The SMILES string of the molecule is O=C(/C=C/c1ccc([N+](=O)[O-])s1)c1cccc([N+](=O)[O-])c1. The van der Waals surface area contributed by atoms with Crippen molar-refractivity contribution in [2.45, 2.75) is 0 Å². The van der Waals surface area contributed by atoms with Crippen LogP contribution in [0.5, 0.6) is 0 Å². The molecular weight excluding hydrogens is 296 g/mol. The molecule has 0 atom stereocenters. The number of carbonyl (C=O) groups excluding carboxylic acids is 1. The summed E-state index contributed by atoms with van der Waals surface area (Å²) in [6.07, 6.45) is 2.67. The molecule has 8 heteroatoms. The molecule has 0 unspecified atom stereocenters. The van der Waals surface area contributed by atoms with Gasteiger partial charge in [0.15, 0.2) is 5.78 Å². The first-order valence-corrected chi connectivity index (χ1v) is 6.50. The molecule has 1 aromatic heterocycles. The first kappa shape index (κ1) is 14.5. The van der Waals surface area contributed by atoms with Crippen LogP contribution >= 0.6 is 11.3 Å². The molecule has 1 aromatic carbocycles. The van der Waals surface area contributed by atoms with Crippen LogP contribution in [-0.2, 0) is 0 Å². The van der Waals surface area contributed by atoms with E-state index in [4.69, 9.17) is 0 Å². The van der Waals surface area contributed by atoms with Gasteiger partial charge in [0.2, 0.25) is 0 Å². The molecule has 0 saturated carbocycles. The van der Waals surface area contributed by atoms with Crippen LogP contribution < -0.4 is 0 Å². The number of benzene rings is 1. The molecular formula is C13H8N2O5S. The van der Waals surface area contributed by atoms with Crippen molar-refractivity contribution in [3.8, 4) is 0 Å². The summed E-state index contributed by atoms with van der Waals surface area (Å²) in [7, 11) is 0. The fourth-order valence-corrected chi connectivity index (χ4v) is 2.28. The topological polar surface area (TPSA) is 103 Å². The summed E-state index contributed by atoms with van der Waals surface area (Å²) in [4.78, 5) is 32.5. The van der Waals surface area contributed by atoms with Gasteiger partial charge in [-0.05, 0) is 18.2 Å². The second kappa shape index (κ2) is 6.06. The smallest absolute Gasteiger partial charge is 0.289 e. The van der Waals surface area contributed by atoms with Crippen molar-refractivity contribution >= 4 is 33.9 Å². The Labute approximate surface area is 122 Å². The molecule has 0 fully saturated rings. The summed E-state index contributed by atoms with van der Waals surface area (Å²) in [5.41, 5.74) is 0.0208. The normalized spacial score (nSPS) is 10.7. The fourth-order valence-electron chi connectivity index (χ4n) is 1.56. The number of non-ortho nitro benzene ring substituents is 1. The summed E-state index contributed by atoms with van der Waals surface area (Å²) in [6, 6.07) is 8.25. The number of hydrogen-bond donors (Lipinski definition) is 0. The molecule has 0 spiro atoms. The number of thiophene rings is 1.